The summed E-state index contributed by atoms with van der Waals surface area (Å²) in [6.07, 6.45) is 25.3. The maximum Gasteiger partial charge on any atom is 0.320 e. The molecule has 0 spiro atoms. The molecule has 1 atom stereocenters. The number of hydrogen-bond acceptors (Lipinski definition) is 3. The SMILES string of the molecule is CCCCCCCCCCCCN(CCCCCCCCCCCC)[C@H](CCC(=O)O)C(=O)O.Cl. The normalized spacial score (nSPS) is 12.0. The van der Waals surface area contributed by atoms with Crippen LogP contribution in [0.5, 0.6) is 0 Å². The zero-order chi connectivity index (χ0) is 25.3. The van der Waals surface area contributed by atoms with Crippen molar-refractivity contribution in [3.63, 3.8) is 0 Å². The summed E-state index contributed by atoms with van der Waals surface area (Å²) in [6.45, 7) is 6.03. The van der Waals surface area contributed by atoms with E-state index in [0.717, 1.165) is 38.8 Å². The number of carboxylic acid groups (broad SMARTS) is 2. The Labute approximate surface area is 223 Å². The second-order valence-corrected chi connectivity index (χ2v) is 10.2. The van der Waals surface area contributed by atoms with Crippen molar-refractivity contribution in [1.82, 2.24) is 4.90 Å². The maximum absolute atomic E-state index is 11.9. The highest BCUT2D eigenvalue weighted by atomic mass is 35.5. The number of aliphatic carboxylic acids is 2. The Morgan fingerprint density at radius 2 is 0.886 bits per heavy atom. The van der Waals surface area contributed by atoms with Crippen LogP contribution in [-0.2, 0) is 9.59 Å². The molecule has 6 heteroatoms. The first-order valence-electron chi connectivity index (χ1n) is 14.7. The highest BCUT2D eigenvalue weighted by molar-refractivity contribution is 5.85. The van der Waals surface area contributed by atoms with Gasteiger partial charge in [-0.25, -0.2) is 0 Å². The van der Waals surface area contributed by atoms with Gasteiger partial charge in [-0.3, -0.25) is 14.5 Å². The number of hydrogen-bond donors (Lipinski definition) is 2. The van der Waals surface area contributed by atoms with Gasteiger partial charge in [0.1, 0.15) is 6.04 Å². The lowest BCUT2D eigenvalue weighted by molar-refractivity contribution is -0.144. The summed E-state index contributed by atoms with van der Waals surface area (Å²) in [6, 6.07) is -0.673. The van der Waals surface area contributed by atoms with Crippen molar-refractivity contribution in [2.45, 2.75) is 161 Å². The van der Waals surface area contributed by atoms with Crippen LogP contribution < -0.4 is 0 Å². The molecule has 0 aromatic rings. The topological polar surface area (TPSA) is 77.8 Å². The van der Waals surface area contributed by atoms with Crippen molar-refractivity contribution >= 4 is 24.3 Å². The maximum atomic E-state index is 11.9. The predicted molar refractivity (Wildman–Crippen MR) is 151 cm³/mol. The summed E-state index contributed by atoms with van der Waals surface area (Å²) in [5.41, 5.74) is 0. The third-order valence-corrected chi connectivity index (χ3v) is 6.96. The Hall–Kier alpha value is -0.810. The third kappa shape index (κ3) is 24.7. The first-order chi connectivity index (χ1) is 16.5. The number of carboxylic acids is 2. The highest BCUT2D eigenvalue weighted by Gasteiger charge is 2.25. The van der Waals surface area contributed by atoms with E-state index >= 15 is 0 Å². The van der Waals surface area contributed by atoms with Crippen molar-refractivity contribution in [3.05, 3.63) is 0 Å². The van der Waals surface area contributed by atoms with Crippen molar-refractivity contribution in [2.24, 2.45) is 0 Å². The van der Waals surface area contributed by atoms with Gasteiger partial charge in [-0.15, -0.1) is 12.4 Å². The lowest BCUT2D eigenvalue weighted by atomic mass is 10.0. The molecule has 0 aromatic carbocycles. The molecule has 0 amide bonds. The minimum absolute atomic E-state index is 0. The van der Waals surface area contributed by atoms with E-state index in [0.29, 0.717) is 0 Å². The summed E-state index contributed by atoms with van der Waals surface area (Å²) in [5, 5.41) is 18.8. The van der Waals surface area contributed by atoms with Gasteiger partial charge >= 0.3 is 11.9 Å². The van der Waals surface area contributed by atoms with Crippen molar-refractivity contribution in [2.75, 3.05) is 13.1 Å². The zero-order valence-electron chi connectivity index (χ0n) is 23.1. The number of rotatable bonds is 27. The first kappa shape index (κ1) is 36.3. The Balaban J connectivity index is 0. The molecule has 0 unspecified atom stereocenters. The third-order valence-electron chi connectivity index (χ3n) is 6.96. The van der Waals surface area contributed by atoms with Gasteiger partial charge in [-0.1, -0.05) is 129 Å². The van der Waals surface area contributed by atoms with Gasteiger partial charge in [0.25, 0.3) is 0 Å². The minimum Gasteiger partial charge on any atom is -0.481 e. The van der Waals surface area contributed by atoms with Crippen LogP contribution in [0.4, 0.5) is 0 Å². The number of halogens is 1. The lowest BCUT2D eigenvalue weighted by Crippen LogP contribution is -2.42. The molecule has 0 aliphatic rings. The fourth-order valence-electron chi connectivity index (χ4n) is 4.75. The molecule has 0 aromatic heterocycles. The van der Waals surface area contributed by atoms with E-state index in [1.54, 1.807) is 0 Å². The van der Waals surface area contributed by atoms with E-state index in [1.807, 2.05) is 0 Å². The van der Waals surface area contributed by atoms with Gasteiger partial charge in [-0.05, 0) is 32.4 Å². The summed E-state index contributed by atoms with van der Waals surface area (Å²) in [5.74, 6) is -1.79. The summed E-state index contributed by atoms with van der Waals surface area (Å²) < 4.78 is 0. The van der Waals surface area contributed by atoms with Gasteiger partial charge in [0.15, 0.2) is 0 Å². The zero-order valence-corrected chi connectivity index (χ0v) is 23.9. The molecule has 0 saturated heterocycles. The standard InChI is InChI=1S/C29H57NO4.ClH/c1-3-5-7-9-11-13-15-17-19-21-25-30(27(29(33)34)23-24-28(31)32)26-22-20-18-16-14-12-10-8-6-4-2;/h27H,3-26H2,1-2H3,(H,31,32)(H,33,34);1H/t27-;/m1./s1. The van der Waals surface area contributed by atoms with E-state index in [4.69, 9.17) is 5.11 Å². The fraction of sp³-hybridized carbons (Fsp3) is 0.931. The smallest absolute Gasteiger partial charge is 0.320 e. The molecule has 210 valence electrons. The van der Waals surface area contributed by atoms with E-state index < -0.39 is 18.0 Å². The van der Waals surface area contributed by atoms with E-state index in [2.05, 4.69) is 18.7 Å². The van der Waals surface area contributed by atoms with Crippen LogP contribution in [0.25, 0.3) is 0 Å². The van der Waals surface area contributed by atoms with Gasteiger partial charge < -0.3 is 10.2 Å². The Morgan fingerprint density at radius 3 is 1.17 bits per heavy atom. The van der Waals surface area contributed by atoms with Gasteiger partial charge in [0.2, 0.25) is 0 Å². The van der Waals surface area contributed by atoms with E-state index in [9.17, 15) is 14.7 Å². The van der Waals surface area contributed by atoms with Crippen LogP contribution in [0.2, 0.25) is 0 Å². The van der Waals surface area contributed by atoms with Gasteiger partial charge in [-0.2, -0.15) is 0 Å². The fourth-order valence-corrected chi connectivity index (χ4v) is 4.75. The van der Waals surface area contributed by atoms with Crippen LogP contribution >= 0.6 is 12.4 Å². The van der Waals surface area contributed by atoms with Crippen molar-refractivity contribution in [1.29, 1.82) is 0 Å². The van der Waals surface area contributed by atoms with Crippen molar-refractivity contribution in [3.8, 4) is 0 Å². The second kappa shape index (κ2) is 27.8. The molecule has 0 aliphatic carbocycles. The molecule has 0 saturated carbocycles. The van der Waals surface area contributed by atoms with Crippen LogP contribution in [0.1, 0.15) is 155 Å². The van der Waals surface area contributed by atoms with E-state index in [-0.39, 0.29) is 25.2 Å². The van der Waals surface area contributed by atoms with Crippen LogP contribution in [-0.4, -0.2) is 46.2 Å². The molecule has 0 fully saturated rings. The molecular weight excluding hydrogens is 462 g/mol. The second-order valence-electron chi connectivity index (χ2n) is 10.2. The largest absolute Gasteiger partial charge is 0.481 e. The lowest BCUT2D eigenvalue weighted by Gasteiger charge is -2.28. The Bertz CT molecular complexity index is 452. The molecule has 0 radical (unpaired) electrons. The van der Waals surface area contributed by atoms with Gasteiger partial charge in [0.05, 0.1) is 0 Å². The number of unbranched alkanes of at least 4 members (excludes halogenated alkanes) is 18. The van der Waals surface area contributed by atoms with E-state index in [1.165, 1.54) is 103 Å². The predicted octanol–water partition coefficient (Wildman–Crippen LogP) is 8.87. The van der Waals surface area contributed by atoms with Gasteiger partial charge in [0, 0.05) is 6.42 Å². The molecule has 35 heavy (non-hydrogen) atoms. The highest BCUT2D eigenvalue weighted by Crippen LogP contribution is 2.16. The van der Waals surface area contributed by atoms with Crippen LogP contribution in [0, 0.1) is 0 Å². The molecule has 0 heterocycles. The quantitative estimate of drug-likeness (QED) is 0.106. The monoisotopic (exact) mass is 519 g/mol. The summed E-state index contributed by atoms with van der Waals surface area (Å²) in [4.78, 5) is 25.0. The minimum atomic E-state index is -0.913. The van der Waals surface area contributed by atoms with Crippen molar-refractivity contribution < 1.29 is 19.8 Å². The molecule has 5 nitrogen and oxygen atoms in total. The summed E-state index contributed by atoms with van der Waals surface area (Å²) in [7, 11) is 0. The molecule has 0 aliphatic heterocycles. The van der Waals surface area contributed by atoms with Crippen LogP contribution in [0.3, 0.4) is 0 Å². The number of nitrogens with zero attached hydrogens (tertiary/aromatic N) is 1. The summed E-state index contributed by atoms with van der Waals surface area (Å²) >= 11 is 0. The Kier molecular flexibility index (Phi) is 28.8. The van der Waals surface area contributed by atoms with Crippen LogP contribution in [0.15, 0.2) is 0 Å². The first-order valence-corrected chi connectivity index (χ1v) is 14.7. The molecule has 0 rings (SSSR count). The molecular formula is C29H58ClNO4. The Morgan fingerprint density at radius 1 is 0.571 bits per heavy atom. The average Bonchev–Trinajstić information content (AvgIpc) is 2.80. The molecule has 2 N–H and O–H groups in total. The number of carbonyl (C=O) groups is 2. The molecule has 0 bridgehead atoms. The average molecular weight is 520 g/mol.